The molecule has 2 aromatic rings. The summed E-state index contributed by atoms with van der Waals surface area (Å²) in [5.74, 6) is 0.420. The van der Waals surface area contributed by atoms with Gasteiger partial charge in [0.2, 0.25) is 5.91 Å². The van der Waals surface area contributed by atoms with E-state index < -0.39 is 0 Å². The number of rotatable bonds is 8. The molecule has 2 aliphatic rings. The number of nitrogens with zero attached hydrogens (tertiary/aromatic N) is 3. The smallest absolute Gasteiger partial charge is 0.320 e. The van der Waals surface area contributed by atoms with E-state index in [9.17, 15) is 9.59 Å². The molecule has 0 atom stereocenters. The maximum Gasteiger partial charge on any atom is 0.320 e. The van der Waals surface area contributed by atoms with E-state index in [4.69, 9.17) is 10.5 Å². The molecule has 2 fully saturated rings. The van der Waals surface area contributed by atoms with E-state index in [0.717, 1.165) is 37.0 Å². The topological polar surface area (TPSA) is 79.1 Å². The Morgan fingerprint density at radius 1 is 1.03 bits per heavy atom. The van der Waals surface area contributed by atoms with Crippen LogP contribution in [0.15, 0.2) is 54.6 Å². The van der Waals surface area contributed by atoms with Crippen LogP contribution in [0.1, 0.15) is 43.2 Å². The number of benzene rings is 2. The van der Waals surface area contributed by atoms with Crippen molar-refractivity contribution in [2.24, 2.45) is 5.73 Å². The van der Waals surface area contributed by atoms with Crippen LogP contribution in [0.5, 0.6) is 5.75 Å². The van der Waals surface area contributed by atoms with Crippen molar-refractivity contribution in [2.45, 2.75) is 49.7 Å². The first-order chi connectivity index (χ1) is 16.3. The predicted octanol–water partition coefficient (Wildman–Crippen LogP) is 3.58. The fraction of sp³-hybridized carbons (Fsp3) is 0.481. The molecule has 7 heteroatoms. The van der Waals surface area contributed by atoms with E-state index in [0.29, 0.717) is 19.6 Å². The van der Waals surface area contributed by atoms with Gasteiger partial charge in [-0.1, -0.05) is 42.5 Å². The van der Waals surface area contributed by atoms with Crippen molar-refractivity contribution < 1.29 is 14.3 Å². The molecule has 1 spiro atoms. The first-order valence-electron chi connectivity index (χ1n) is 12.0. The van der Waals surface area contributed by atoms with Crippen LogP contribution in [0.4, 0.5) is 4.79 Å². The first kappa shape index (κ1) is 24.1. The van der Waals surface area contributed by atoms with E-state index >= 15 is 0 Å². The number of hydrogen-bond acceptors (Lipinski definition) is 4. The zero-order chi connectivity index (χ0) is 24.3. The van der Waals surface area contributed by atoms with Gasteiger partial charge < -0.3 is 20.3 Å². The largest absolute Gasteiger partial charge is 0.497 e. The van der Waals surface area contributed by atoms with Crippen molar-refractivity contribution in [3.8, 4) is 5.75 Å². The lowest BCUT2D eigenvalue weighted by Crippen LogP contribution is -2.55. The summed E-state index contributed by atoms with van der Waals surface area (Å²) in [6.07, 6.45) is 3.83. The Kier molecular flexibility index (Phi) is 6.84. The van der Waals surface area contributed by atoms with Gasteiger partial charge in [0.25, 0.3) is 0 Å². The van der Waals surface area contributed by atoms with Crippen LogP contribution in [-0.2, 0) is 16.9 Å². The van der Waals surface area contributed by atoms with Crippen LogP contribution >= 0.6 is 0 Å². The van der Waals surface area contributed by atoms with Crippen molar-refractivity contribution in [2.75, 3.05) is 34.3 Å². The zero-order valence-electron chi connectivity index (χ0n) is 20.5. The Hall–Kier alpha value is -3.06. The average Bonchev–Trinajstić information content (AvgIpc) is 3.09. The van der Waals surface area contributed by atoms with Gasteiger partial charge in [-0.25, -0.2) is 4.79 Å². The quantitative estimate of drug-likeness (QED) is 0.648. The molecule has 182 valence electrons. The van der Waals surface area contributed by atoms with E-state index in [-0.39, 0.29) is 29.4 Å². The molecule has 1 aliphatic carbocycles. The highest BCUT2D eigenvalue weighted by Crippen LogP contribution is 2.49. The Balaban J connectivity index is 1.58. The molecule has 0 unspecified atom stereocenters. The van der Waals surface area contributed by atoms with Gasteiger partial charge in [0.1, 0.15) is 5.75 Å². The number of hydrogen-bond donors (Lipinski definition) is 1. The molecule has 1 saturated carbocycles. The van der Waals surface area contributed by atoms with Gasteiger partial charge in [0, 0.05) is 31.6 Å². The molecule has 2 N–H and O–H groups in total. The molecule has 2 aromatic carbocycles. The third-order valence-electron chi connectivity index (χ3n) is 7.85. The van der Waals surface area contributed by atoms with Gasteiger partial charge in [0.15, 0.2) is 0 Å². The van der Waals surface area contributed by atoms with Crippen LogP contribution < -0.4 is 10.5 Å². The Bertz CT molecular complexity index is 998. The molecule has 1 saturated heterocycles. The van der Waals surface area contributed by atoms with Crippen molar-refractivity contribution in [3.63, 3.8) is 0 Å². The second-order valence-corrected chi connectivity index (χ2v) is 9.87. The Morgan fingerprint density at radius 3 is 2.24 bits per heavy atom. The SMILES string of the molecule is COc1ccc(CN2C[C@]3(CC[C@@](c4ccccc4)(N(C)C)CC3)N(CCC(N)=O)C2=O)cc1. The highest BCUT2D eigenvalue weighted by atomic mass is 16.5. The highest BCUT2D eigenvalue weighted by molar-refractivity contribution is 5.80. The molecule has 0 radical (unpaired) electrons. The Morgan fingerprint density at radius 2 is 1.68 bits per heavy atom. The summed E-state index contributed by atoms with van der Waals surface area (Å²) >= 11 is 0. The van der Waals surface area contributed by atoms with Crippen LogP contribution in [0.3, 0.4) is 0 Å². The molecule has 1 aliphatic heterocycles. The van der Waals surface area contributed by atoms with Gasteiger partial charge in [-0.3, -0.25) is 9.69 Å². The molecular formula is C27H36N4O3. The van der Waals surface area contributed by atoms with Gasteiger partial charge in [-0.15, -0.1) is 0 Å². The van der Waals surface area contributed by atoms with Crippen LogP contribution in [0, 0.1) is 0 Å². The number of ether oxygens (including phenoxy) is 1. The van der Waals surface area contributed by atoms with E-state index in [1.165, 1.54) is 5.56 Å². The number of nitrogens with two attached hydrogens (primary N) is 1. The lowest BCUT2D eigenvalue weighted by atomic mass is 9.68. The summed E-state index contributed by atoms with van der Waals surface area (Å²) in [7, 11) is 5.93. The zero-order valence-corrected chi connectivity index (χ0v) is 20.5. The average molecular weight is 465 g/mol. The van der Waals surface area contributed by atoms with Crippen LogP contribution in [0.2, 0.25) is 0 Å². The Labute approximate surface area is 202 Å². The number of primary amides is 1. The second-order valence-electron chi connectivity index (χ2n) is 9.87. The summed E-state index contributed by atoms with van der Waals surface area (Å²) in [5, 5.41) is 0. The molecule has 0 aromatic heterocycles. The number of amides is 3. The summed E-state index contributed by atoms with van der Waals surface area (Å²) in [6.45, 7) is 1.57. The standard InChI is InChI=1S/C27H36N4O3/c1-29(2)27(22-7-5-4-6-8-22)16-14-26(15-17-27)20-30(25(33)31(26)18-13-24(28)32)19-21-9-11-23(34-3)12-10-21/h4-12H,13-20H2,1-3H3,(H2,28,32)/t26-,27-. The van der Waals surface area contributed by atoms with E-state index in [1.807, 2.05) is 34.1 Å². The molecular weight excluding hydrogens is 428 g/mol. The third kappa shape index (κ3) is 4.49. The van der Waals surface area contributed by atoms with Gasteiger partial charge >= 0.3 is 6.03 Å². The minimum Gasteiger partial charge on any atom is -0.497 e. The molecule has 34 heavy (non-hydrogen) atoms. The second kappa shape index (κ2) is 9.66. The summed E-state index contributed by atoms with van der Waals surface area (Å²) in [5.41, 5.74) is 7.50. The normalized spacial score (nSPS) is 24.8. The molecule has 4 rings (SSSR count). The summed E-state index contributed by atoms with van der Waals surface area (Å²) in [4.78, 5) is 31.3. The molecule has 0 bridgehead atoms. The predicted molar refractivity (Wildman–Crippen MR) is 132 cm³/mol. The number of methoxy groups -OCH3 is 1. The maximum atomic E-state index is 13.5. The minimum absolute atomic E-state index is 0.00543. The molecule has 1 heterocycles. The monoisotopic (exact) mass is 464 g/mol. The van der Waals surface area contributed by atoms with Crippen LogP contribution in [-0.4, -0.2) is 66.5 Å². The third-order valence-corrected chi connectivity index (χ3v) is 7.85. The van der Waals surface area contributed by atoms with E-state index in [1.54, 1.807) is 7.11 Å². The van der Waals surface area contributed by atoms with Gasteiger partial charge in [-0.2, -0.15) is 0 Å². The first-order valence-corrected chi connectivity index (χ1v) is 12.0. The van der Waals surface area contributed by atoms with Gasteiger partial charge in [0.05, 0.1) is 12.6 Å². The van der Waals surface area contributed by atoms with Crippen LogP contribution in [0.25, 0.3) is 0 Å². The highest BCUT2D eigenvalue weighted by Gasteiger charge is 2.54. The van der Waals surface area contributed by atoms with Crippen molar-refractivity contribution in [1.29, 1.82) is 0 Å². The van der Waals surface area contributed by atoms with Crippen molar-refractivity contribution >= 4 is 11.9 Å². The lowest BCUT2D eigenvalue weighted by molar-refractivity contribution is -0.118. The summed E-state index contributed by atoms with van der Waals surface area (Å²) < 4.78 is 5.26. The number of urea groups is 1. The minimum atomic E-state index is -0.376. The summed E-state index contributed by atoms with van der Waals surface area (Å²) in [6, 6.07) is 18.5. The fourth-order valence-electron chi connectivity index (χ4n) is 5.81. The van der Waals surface area contributed by atoms with E-state index in [2.05, 4.69) is 49.3 Å². The van der Waals surface area contributed by atoms with Gasteiger partial charge in [-0.05, 0) is 63.0 Å². The lowest BCUT2D eigenvalue weighted by Gasteiger charge is -2.51. The number of carbonyl (C=O) groups is 2. The van der Waals surface area contributed by atoms with Crippen molar-refractivity contribution in [1.82, 2.24) is 14.7 Å². The maximum absolute atomic E-state index is 13.5. The fourth-order valence-corrected chi connectivity index (χ4v) is 5.81. The molecule has 3 amide bonds. The van der Waals surface area contributed by atoms with Crippen molar-refractivity contribution in [3.05, 3.63) is 65.7 Å². The molecule has 7 nitrogen and oxygen atoms in total. The number of carbonyl (C=O) groups excluding carboxylic acids is 2.